The minimum Gasteiger partial charge on any atom is -0.459 e. The first-order valence-electron chi connectivity index (χ1n) is 7.29. The third kappa shape index (κ3) is 4.35. The number of nitrogens with two attached hydrogens (primary N) is 1. The average Bonchev–Trinajstić information content (AvgIpc) is 2.68. The van der Waals surface area contributed by atoms with Gasteiger partial charge in [-0.25, -0.2) is 4.79 Å². The third-order valence-corrected chi connectivity index (χ3v) is 3.70. The molecule has 3 heteroatoms. The van der Waals surface area contributed by atoms with E-state index in [2.05, 4.69) is 0 Å². The highest BCUT2D eigenvalue weighted by Gasteiger charge is 2.17. The van der Waals surface area contributed by atoms with Gasteiger partial charge >= 0.3 is 5.97 Å². The van der Waals surface area contributed by atoms with Crippen molar-refractivity contribution in [3.05, 3.63) is 35.4 Å². The van der Waals surface area contributed by atoms with Crippen molar-refractivity contribution in [2.75, 3.05) is 6.54 Å². The van der Waals surface area contributed by atoms with Crippen molar-refractivity contribution in [1.29, 1.82) is 0 Å². The second kappa shape index (κ2) is 7.29. The number of rotatable bonds is 4. The van der Waals surface area contributed by atoms with Crippen LogP contribution in [0.2, 0.25) is 0 Å². The lowest BCUT2D eigenvalue weighted by atomic mass is 10.1. The van der Waals surface area contributed by atoms with Crippen molar-refractivity contribution in [3.63, 3.8) is 0 Å². The highest BCUT2D eigenvalue weighted by molar-refractivity contribution is 5.89. The van der Waals surface area contributed by atoms with Crippen molar-refractivity contribution < 1.29 is 9.53 Å². The van der Waals surface area contributed by atoms with Crippen molar-refractivity contribution in [2.45, 2.75) is 51.0 Å². The molecule has 0 unspecified atom stereocenters. The molecule has 0 aromatic heterocycles. The summed E-state index contributed by atoms with van der Waals surface area (Å²) in [4.78, 5) is 12.0. The molecule has 1 aliphatic carbocycles. The Hall–Kier alpha value is -1.35. The molecule has 0 spiro atoms. The van der Waals surface area contributed by atoms with Gasteiger partial charge in [-0.15, -0.1) is 0 Å². The second-order valence-electron chi connectivity index (χ2n) is 5.25. The Bertz CT molecular complexity index is 392. The Morgan fingerprint density at radius 1 is 1.11 bits per heavy atom. The molecule has 0 heterocycles. The van der Waals surface area contributed by atoms with E-state index in [4.69, 9.17) is 10.5 Å². The smallest absolute Gasteiger partial charge is 0.338 e. The molecule has 19 heavy (non-hydrogen) atoms. The topological polar surface area (TPSA) is 52.3 Å². The fourth-order valence-corrected chi connectivity index (χ4v) is 2.55. The molecule has 1 fully saturated rings. The summed E-state index contributed by atoms with van der Waals surface area (Å²) >= 11 is 0. The van der Waals surface area contributed by atoms with Gasteiger partial charge in [-0.3, -0.25) is 0 Å². The predicted molar refractivity (Wildman–Crippen MR) is 76.1 cm³/mol. The summed E-state index contributed by atoms with van der Waals surface area (Å²) in [5.74, 6) is -0.189. The van der Waals surface area contributed by atoms with Crippen LogP contribution < -0.4 is 5.73 Å². The van der Waals surface area contributed by atoms with Crippen LogP contribution in [0, 0.1) is 0 Å². The van der Waals surface area contributed by atoms with Gasteiger partial charge in [0, 0.05) is 0 Å². The van der Waals surface area contributed by atoms with Gasteiger partial charge in [-0.05, 0) is 56.3 Å². The minimum absolute atomic E-state index is 0.110. The van der Waals surface area contributed by atoms with E-state index in [0.717, 1.165) is 24.8 Å². The monoisotopic (exact) mass is 261 g/mol. The van der Waals surface area contributed by atoms with E-state index in [9.17, 15) is 4.79 Å². The largest absolute Gasteiger partial charge is 0.459 e. The van der Waals surface area contributed by atoms with E-state index < -0.39 is 0 Å². The molecule has 0 aliphatic heterocycles. The molecule has 0 atom stereocenters. The molecule has 0 amide bonds. The molecule has 3 nitrogen and oxygen atoms in total. The molecule has 104 valence electrons. The zero-order chi connectivity index (χ0) is 13.5. The van der Waals surface area contributed by atoms with Gasteiger partial charge in [-0.2, -0.15) is 0 Å². The van der Waals surface area contributed by atoms with E-state index in [1.165, 1.54) is 25.7 Å². The summed E-state index contributed by atoms with van der Waals surface area (Å²) in [5, 5.41) is 0. The van der Waals surface area contributed by atoms with Gasteiger partial charge in [0.15, 0.2) is 0 Å². The maximum absolute atomic E-state index is 12.0. The molecule has 0 saturated heterocycles. The van der Waals surface area contributed by atoms with Crippen LogP contribution in [0.3, 0.4) is 0 Å². The number of ether oxygens (including phenoxy) is 1. The predicted octanol–water partition coefficient (Wildman–Crippen LogP) is 3.07. The van der Waals surface area contributed by atoms with E-state index in [1.807, 2.05) is 24.3 Å². The van der Waals surface area contributed by atoms with Crippen LogP contribution in [-0.2, 0) is 11.2 Å². The van der Waals surface area contributed by atoms with Crippen LogP contribution in [0.15, 0.2) is 24.3 Å². The number of carbonyl (C=O) groups excluding carboxylic acids is 1. The zero-order valence-corrected chi connectivity index (χ0v) is 11.4. The Labute approximate surface area is 115 Å². The van der Waals surface area contributed by atoms with E-state index >= 15 is 0 Å². The van der Waals surface area contributed by atoms with Gasteiger partial charge in [0.05, 0.1) is 5.56 Å². The van der Waals surface area contributed by atoms with Gasteiger partial charge in [0.1, 0.15) is 6.10 Å². The number of benzene rings is 1. The number of hydrogen-bond donors (Lipinski definition) is 1. The molecule has 1 aromatic carbocycles. The second-order valence-corrected chi connectivity index (χ2v) is 5.25. The Balaban J connectivity index is 1.91. The Morgan fingerprint density at radius 2 is 1.74 bits per heavy atom. The first kappa shape index (κ1) is 14.1. The summed E-state index contributed by atoms with van der Waals surface area (Å²) in [6.45, 7) is 0.631. The molecule has 1 aliphatic rings. The number of hydrogen-bond acceptors (Lipinski definition) is 3. The molecule has 2 N–H and O–H groups in total. The summed E-state index contributed by atoms with van der Waals surface area (Å²) in [6.07, 6.45) is 7.86. The highest BCUT2D eigenvalue weighted by Crippen LogP contribution is 2.21. The molecule has 0 radical (unpaired) electrons. The van der Waals surface area contributed by atoms with Gasteiger partial charge in [0.25, 0.3) is 0 Å². The molecular weight excluding hydrogens is 238 g/mol. The number of esters is 1. The lowest BCUT2D eigenvalue weighted by Gasteiger charge is -2.15. The van der Waals surface area contributed by atoms with E-state index in [0.29, 0.717) is 12.1 Å². The molecule has 1 aromatic rings. The van der Waals surface area contributed by atoms with Gasteiger partial charge in [-0.1, -0.05) is 25.0 Å². The van der Waals surface area contributed by atoms with Crippen LogP contribution >= 0.6 is 0 Å². The standard InChI is InChI=1S/C16H23NO2/c17-12-11-13-7-9-14(10-8-13)16(18)19-15-5-3-1-2-4-6-15/h7-10,15H,1-6,11-12,17H2. The fourth-order valence-electron chi connectivity index (χ4n) is 2.55. The Kier molecular flexibility index (Phi) is 5.40. The van der Waals surface area contributed by atoms with E-state index in [1.54, 1.807) is 0 Å². The molecular formula is C16H23NO2. The van der Waals surface area contributed by atoms with Crippen molar-refractivity contribution in [2.24, 2.45) is 5.73 Å². The summed E-state index contributed by atoms with van der Waals surface area (Å²) in [7, 11) is 0. The highest BCUT2D eigenvalue weighted by atomic mass is 16.5. The van der Waals surface area contributed by atoms with Gasteiger partial charge < -0.3 is 10.5 Å². The molecule has 1 saturated carbocycles. The summed E-state index contributed by atoms with van der Waals surface area (Å²) in [6, 6.07) is 7.58. The lowest BCUT2D eigenvalue weighted by Crippen LogP contribution is -2.17. The number of carbonyl (C=O) groups is 1. The maximum Gasteiger partial charge on any atom is 0.338 e. The van der Waals surface area contributed by atoms with Crippen LogP contribution in [-0.4, -0.2) is 18.6 Å². The first-order chi connectivity index (χ1) is 9.29. The first-order valence-corrected chi connectivity index (χ1v) is 7.29. The van der Waals surface area contributed by atoms with Crippen LogP contribution in [0.1, 0.15) is 54.4 Å². The summed E-state index contributed by atoms with van der Waals surface area (Å²) < 4.78 is 5.59. The average molecular weight is 261 g/mol. The maximum atomic E-state index is 12.0. The van der Waals surface area contributed by atoms with Crippen molar-refractivity contribution >= 4 is 5.97 Å². The SMILES string of the molecule is NCCc1ccc(C(=O)OC2CCCCCC2)cc1. The van der Waals surface area contributed by atoms with Crippen molar-refractivity contribution in [3.8, 4) is 0 Å². The summed E-state index contributed by atoms with van der Waals surface area (Å²) in [5.41, 5.74) is 7.31. The zero-order valence-electron chi connectivity index (χ0n) is 11.4. The van der Waals surface area contributed by atoms with Gasteiger partial charge in [0.2, 0.25) is 0 Å². The van der Waals surface area contributed by atoms with Crippen LogP contribution in [0.25, 0.3) is 0 Å². The van der Waals surface area contributed by atoms with Crippen LogP contribution in [0.5, 0.6) is 0 Å². The van der Waals surface area contributed by atoms with E-state index in [-0.39, 0.29) is 12.1 Å². The van der Waals surface area contributed by atoms with Crippen LogP contribution in [0.4, 0.5) is 0 Å². The molecule has 0 bridgehead atoms. The molecule has 2 rings (SSSR count). The minimum atomic E-state index is -0.189. The van der Waals surface area contributed by atoms with Crippen molar-refractivity contribution in [1.82, 2.24) is 0 Å². The third-order valence-electron chi connectivity index (χ3n) is 3.70. The normalized spacial score (nSPS) is 16.9. The lowest BCUT2D eigenvalue weighted by molar-refractivity contribution is 0.0267. The Morgan fingerprint density at radius 3 is 2.32 bits per heavy atom. The fraction of sp³-hybridized carbons (Fsp3) is 0.562. The quantitative estimate of drug-likeness (QED) is 0.669.